The van der Waals surface area contributed by atoms with E-state index in [-0.39, 0.29) is 11.6 Å². The first-order valence-corrected chi connectivity index (χ1v) is 6.33. The van der Waals surface area contributed by atoms with Crippen LogP contribution in [0.5, 0.6) is 0 Å². The maximum Gasteiger partial charge on any atom is 0.132 e. The molecular weight excluding hydrogens is 277 g/mol. The minimum atomic E-state index is -0.410. The molecule has 2 aromatic rings. The Hall–Kier alpha value is -1.97. The summed E-state index contributed by atoms with van der Waals surface area (Å²) in [6, 6.07) is 7.93. The fraction of sp³-hybridized carbons (Fsp3) is 0.0625. The van der Waals surface area contributed by atoms with Gasteiger partial charge in [0.25, 0.3) is 0 Å². The largest absolute Gasteiger partial charge is 0.392 e. The zero-order chi connectivity index (χ0) is 14.7. The number of hydrogen-bond donors (Lipinski definition) is 1. The van der Waals surface area contributed by atoms with Crippen LogP contribution in [-0.2, 0) is 6.61 Å². The van der Waals surface area contributed by atoms with E-state index in [0.717, 1.165) is 0 Å². The van der Waals surface area contributed by atoms with Gasteiger partial charge in [-0.15, -0.1) is 0 Å². The van der Waals surface area contributed by atoms with E-state index < -0.39 is 5.82 Å². The van der Waals surface area contributed by atoms with Crippen LogP contribution in [0.25, 0.3) is 22.4 Å². The maximum atomic E-state index is 13.9. The lowest BCUT2D eigenvalue weighted by atomic mass is 10.0. The molecular formula is C16H13ClFNO. The molecule has 0 bridgehead atoms. The molecule has 1 aromatic carbocycles. The third-order valence-corrected chi connectivity index (χ3v) is 3.09. The predicted octanol–water partition coefficient (Wildman–Crippen LogP) is 4.23. The van der Waals surface area contributed by atoms with Crippen molar-refractivity contribution in [1.82, 2.24) is 4.98 Å². The van der Waals surface area contributed by atoms with Crippen LogP contribution in [0.3, 0.4) is 0 Å². The lowest BCUT2D eigenvalue weighted by molar-refractivity contribution is 0.282. The SMILES string of the molecule is C=Cc1cc(CO)c(-c2ccccc2F)nc1C(=C)Cl. The molecule has 0 saturated carbocycles. The third kappa shape index (κ3) is 2.64. The summed E-state index contributed by atoms with van der Waals surface area (Å²) < 4.78 is 13.9. The fourth-order valence-electron chi connectivity index (χ4n) is 1.95. The zero-order valence-electron chi connectivity index (χ0n) is 10.7. The van der Waals surface area contributed by atoms with Crippen molar-refractivity contribution in [1.29, 1.82) is 0 Å². The van der Waals surface area contributed by atoms with Gasteiger partial charge in [0, 0.05) is 16.7 Å². The number of halogens is 2. The van der Waals surface area contributed by atoms with Gasteiger partial charge in [0.05, 0.1) is 23.0 Å². The molecule has 102 valence electrons. The summed E-state index contributed by atoms with van der Waals surface area (Å²) in [6.45, 7) is 7.06. The highest BCUT2D eigenvalue weighted by Gasteiger charge is 2.15. The number of aliphatic hydroxyl groups excluding tert-OH is 1. The Morgan fingerprint density at radius 2 is 2.10 bits per heavy atom. The van der Waals surface area contributed by atoms with Crippen LogP contribution >= 0.6 is 11.6 Å². The number of hydrogen-bond acceptors (Lipinski definition) is 2. The molecule has 0 amide bonds. The van der Waals surface area contributed by atoms with E-state index in [1.54, 1.807) is 30.3 Å². The van der Waals surface area contributed by atoms with Crippen LogP contribution in [0, 0.1) is 5.82 Å². The van der Waals surface area contributed by atoms with Gasteiger partial charge in [0.2, 0.25) is 0 Å². The zero-order valence-corrected chi connectivity index (χ0v) is 11.5. The highest BCUT2D eigenvalue weighted by atomic mass is 35.5. The van der Waals surface area contributed by atoms with Crippen LogP contribution in [0.4, 0.5) is 4.39 Å². The Balaban J connectivity index is 2.75. The third-order valence-electron chi connectivity index (χ3n) is 2.91. The summed E-state index contributed by atoms with van der Waals surface area (Å²) in [7, 11) is 0. The van der Waals surface area contributed by atoms with Gasteiger partial charge in [0.1, 0.15) is 5.82 Å². The van der Waals surface area contributed by atoms with Crippen LogP contribution in [-0.4, -0.2) is 10.1 Å². The second kappa shape index (κ2) is 5.99. The molecule has 0 fully saturated rings. The number of aliphatic hydroxyl groups is 1. The molecule has 2 rings (SSSR count). The van der Waals surface area contributed by atoms with Gasteiger partial charge in [-0.3, -0.25) is 0 Å². The van der Waals surface area contributed by atoms with Gasteiger partial charge in [0.15, 0.2) is 0 Å². The van der Waals surface area contributed by atoms with Crippen molar-refractivity contribution in [2.75, 3.05) is 0 Å². The summed E-state index contributed by atoms with van der Waals surface area (Å²) in [5.74, 6) is -0.410. The Bertz CT molecular complexity index is 682. The topological polar surface area (TPSA) is 33.1 Å². The van der Waals surface area contributed by atoms with Crippen LogP contribution in [0.2, 0.25) is 0 Å². The van der Waals surface area contributed by atoms with Gasteiger partial charge in [-0.1, -0.05) is 43.0 Å². The Labute approximate surface area is 121 Å². The molecule has 20 heavy (non-hydrogen) atoms. The Morgan fingerprint density at radius 1 is 1.40 bits per heavy atom. The molecule has 1 heterocycles. The van der Waals surface area contributed by atoms with Crippen LogP contribution < -0.4 is 0 Å². The Morgan fingerprint density at radius 3 is 2.65 bits per heavy atom. The van der Waals surface area contributed by atoms with Crippen molar-refractivity contribution in [2.24, 2.45) is 0 Å². The summed E-state index contributed by atoms with van der Waals surface area (Å²) in [6.07, 6.45) is 1.57. The standard InChI is InChI=1S/C16H13ClFNO/c1-3-11-8-12(9-20)16(19-15(11)10(2)17)13-6-4-5-7-14(13)18/h3-8,20H,1-2,9H2. The summed E-state index contributed by atoms with van der Waals surface area (Å²) in [5.41, 5.74) is 2.25. The van der Waals surface area contributed by atoms with Gasteiger partial charge in [-0.25, -0.2) is 9.37 Å². The molecule has 1 N–H and O–H groups in total. The average molecular weight is 290 g/mol. The second-order valence-corrected chi connectivity index (χ2v) is 4.64. The highest BCUT2D eigenvalue weighted by molar-refractivity contribution is 6.48. The first-order chi connectivity index (χ1) is 9.58. The van der Waals surface area contributed by atoms with Crippen molar-refractivity contribution in [3.05, 3.63) is 66.1 Å². The van der Waals surface area contributed by atoms with Crippen molar-refractivity contribution in [3.8, 4) is 11.3 Å². The first-order valence-electron chi connectivity index (χ1n) is 5.95. The lowest BCUT2D eigenvalue weighted by Crippen LogP contribution is -2.00. The van der Waals surface area contributed by atoms with Gasteiger partial charge in [-0.05, 0) is 18.2 Å². The minimum absolute atomic E-state index is 0.238. The number of pyridine rings is 1. The molecule has 0 spiro atoms. The molecule has 2 nitrogen and oxygen atoms in total. The molecule has 0 radical (unpaired) electrons. The first kappa shape index (κ1) is 14.4. The Kier molecular flexibility index (Phi) is 4.32. The van der Waals surface area contributed by atoms with Gasteiger partial charge < -0.3 is 5.11 Å². The van der Waals surface area contributed by atoms with Gasteiger partial charge in [-0.2, -0.15) is 0 Å². The molecule has 0 aliphatic rings. The number of aromatic nitrogens is 1. The molecule has 0 unspecified atom stereocenters. The monoisotopic (exact) mass is 289 g/mol. The summed E-state index contributed by atoms with van der Waals surface area (Å²) in [4.78, 5) is 4.34. The highest BCUT2D eigenvalue weighted by Crippen LogP contribution is 2.30. The normalized spacial score (nSPS) is 10.3. The quantitative estimate of drug-likeness (QED) is 0.913. The average Bonchev–Trinajstić information content (AvgIpc) is 2.46. The molecule has 1 aromatic heterocycles. The molecule has 0 atom stereocenters. The summed E-state index contributed by atoms with van der Waals surface area (Å²) >= 11 is 5.92. The molecule has 0 saturated heterocycles. The van der Waals surface area contributed by atoms with E-state index >= 15 is 0 Å². The van der Waals surface area contributed by atoms with E-state index in [1.165, 1.54) is 6.07 Å². The molecule has 4 heteroatoms. The van der Waals surface area contributed by atoms with E-state index in [0.29, 0.717) is 28.1 Å². The summed E-state index contributed by atoms with van der Waals surface area (Å²) in [5, 5.41) is 9.71. The lowest BCUT2D eigenvalue weighted by Gasteiger charge is -2.12. The smallest absolute Gasteiger partial charge is 0.132 e. The van der Waals surface area contributed by atoms with Crippen molar-refractivity contribution in [3.63, 3.8) is 0 Å². The number of rotatable bonds is 4. The second-order valence-electron chi connectivity index (χ2n) is 4.18. The van der Waals surface area contributed by atoms with Crippen LogP contribution in [0.1, 0.15) is 16.8 Å². The van der Waals surface area contributed by atoms with Crippen molar-refractivity contribution in [2.45, 2.75) is 6.61 Å². The van der Waals surface area contributed by atoms with E-state index in [2.05, 4.69) is 18.1 Å². The predicted molar refractivity (Wildman–Crippen MR) is 80.5 cm³/mol. The molecule has 0 aliphatic heterocycles. The number of benzene rings is 1. The molecule has 0 aliphatic carbocycles. The minimum Gasteiger partial charge on any atom is -0.392 e. The van der Waals surface area contributed by atoms with Crippen LogP contribution in [0.15, 0.2) is 43.5 Å². The van der Waals surface area contributed by atoms with E-state index in [9.17, 15) is 9.50 Å². The van der Waals surface area contributed by atoms with E-state index in [4.69, 9.17) is 11.6 Å². The fourth-order valence-corrected chi connectivity index (χ4v) is 2.10. The van der Waals surface area contributed by atoms with Crippen molar-refractivity contribution < 1.29 is 9.50 Å². The number of nitrogens with zero attached hydrogens (tertiary/aromatic N) is 1. The van der Waals surface area contributed by atoms with Crippen molar-refractivity contribution >= 4 is 22.7 Å². The maximum absolute atomic E-state index is 13.9. The van der Waals surface area contributed by atoms with Gasteiger partial charge >= 0.3 is 0 Å². The van der Waals surface area contributed by atoms with E-state index in [1.807, 2.05) is 0 Å².